The SMILES string of the molecule is CCCNCc1oc(COc2ccc(Br)cc2)cc1C. The van der Waals surface area contributed by atoms with Crippen LogP contribution in [0.2, 0.25) is 0 Å². The van der Waals surface area contributed by atoms with Gasteiger partial charge in [-0.25, -0.2) is 0 Å². The lowest BCUT2D eigenvalue weighted by atomic mass is 10.2. The third-order valence-electron chi connectivity index (χ3n) is 2.98. The quantitative estimate of drug-likeness (QED) is 0.759. The minimum absolute atomic E-state index is 0.455. The summed E-state index contributed by atoms with van der Waals surface area (Å²) < 4.78 is 12.6. The van der Waals surface area contributed by atoms with Gasteiger partial charge in [0.1, 0.15) is 23.9 Å². The van der Waals surface area contributed by atoms with E-state index in [1.54, 1.807) is 0 Å². The number of rotatable bonds is 7. The summed E-state index contributed by atoms with van der Waals surface area (Å²) in [6.45, 7) is 6.45. The van der Waals surface area contributed by atoms with Crippen LogP contribution in [-0.4, -0.2) is 6.54 Å². The minimum atomic E-state index is 0.455. The van der Waals surface area contributed by atoms with Crippen molar-refractivity contribution in [3.63, 3.8) is 0 Å². The van der Waals surface area contributed by atoms with Crippen molar-refractivity contribution >= 4 is 15.9 Å². The highest BCUT2D eigenvalue weighted by Gasteiger charge is 2.07. The lowest BCUT2D eigenvalue weighted by Crippen LogP contribution is -2.13. The third-order valence-corrected chi connectivity index (χ3v) is 3.51. The van der Waals surface area contributed by atoms with Crippen LogP contribution in [0.25, 0.3) is 0 Å². The molecule has 1 aromatic carbocycles. The van der Waals surface area contributed by atoms with Crippen molar-refractivity contribution in [3.8, 4) is 5.75 Å². The molecular weight excluding hydrogens is 318 g/mol. The highest BCUT2D eigenvalue weighted by atomic mass is 79.9. The number of aryl methyl sites for hydroxylation is 1. The van der Waals surface area contributed by atoms with E-state index in [2.05, 4.69) is 35.1 Å². The lowest BCUT2D eigenvalue weighted by molar-refractivity contribution is 0.265. The number of hydrogen-bond donors (Lipinski definition) is 1. The molecule has 4 heteroatoms. The van der Waals surface area contributed by atoms with Crippen LogP contribution in [0.3, 0.4) is 0 Å². The standard InChI is InChI=1S/C16H20BrNO2/c1-3-8-18-10-16-12(2)9-15(20-16)11-19-14-6-4-13(17)5-7-14/h4-7,9,18H,3,8,10-11H2,1-2H3. The first-order chi connectivity index (χ1) is 9.69. The molecule has 1 N–H and O–H groups in total. The molecule has 0 bridgehead atoms. The van der Waals surface area contributed by atoms with E-state index in [-0.39, 0.29) is 0 Å². The van der Waals surface area contributed by atoms with Crippen molar-refractivity contribution < 1.29 is 9.15 Å². The molecule has 3 nitrogen and oxygen atoms in total. The summed E-state index contributed by atoms with van der Waals surface area (Å²) in [4.78, 5) is 0. The molecule has 20 heavy (non-hydrogen) atoms. The minimum Gasteiger partial charge on any atom is -0.486 e. The van der Waals surface area contributed by atoms with E-state index in [0.717, 1.165) is 41.3 Å². The molecule has 0 radical (unpaired) electrons. The van der Waals surface area contributed by atoms with Crippen molar-refractivity contribution in [2.45, 2.75) is 33.4 Å². The second-order valence-electron chi connectivity index (χ2n) is 4.74. The summed E-state index contributed by atoms with van der Waals surface area (Å²) in [5.41, 5.74) is 1.17. The predicted molar refractivity (Wildman–Crippen MR) is 83.9 cm³/mol. The van der Waals surface area contributed by atoms with E-state index < -0.39 is 0 Å². The first-order valence-electron chi connectivity index (χ1n) is 6.86. The van der Waals surface area contributed by atoms with E-state index >= 15 is 0 Å². The Morgan fingerprint density at radius 3 is 2.70 bits per heavy atom. The van der Waals surface area contributed by atoms with Crippen molar-refractivity contribution in [3.05, 3.63) is 51.9 Å². The van der Waals surface area contributed by atoms with Crippen LogP contribution >= 0.6 is 15.9 Å². The second kappa shape index (κ2) is 7.50. The largest absolute Gasteiger partial charge is 0.486 e. The average molecular weight is 338 g/mol. The summed E-state index contributed by atoms with van der Waals surface area (Å²) in [5, 5.41) is 3.35. The van der Waals surface area contributed by atoms with Crippen LogP contribution in [0.4, 0.5) is 0 Å². The molecular formula is C16H20BrNO2. The molecule has 0 fully saturated rings. The van der Waals surface area contributed by atoms with Gasteiger partial charge in [-0.2, -0.15) is 0 Å². The molecule has 0 aliphatic rings. The molecule has 0 saturated carbocycles. The normalized spacial score (nSPS) is 10.8. The Labute approximate surface area is 128 Å². The first kappa shape index (κ1) is 15.1. The highest BCUT2D eigenvalue weighted by molar-refractivity contribution is 9.10. The Bertz CT molecular complexity index is 534. The van der Waals surface area contributed by atoms with Gasteiger partial charge in [-0.3, -0.25) is 0 Å². The van der Waals surface area contributed by atoms with E-state index in [1.165, 1.54) is 5.56 Å². The molecule has 0 atom stereocenters. The van der Waals surface area contributed by atoms with Gasteiger partial charge in [-0.05, 0) is 55.8 Å². The van der Waals surface area contributed by atoms with E-state index in [4.69, 9.17) is 9.15 Å². The Morgan fingerprint density at radius 2 is 2.00 bits per heavy atom. The zero-order chi connectivity index (χ0) is 14.4. The maximum absolute atomic E-state index is 5.81. The molecule has 0 unspecified atom stereocenters. The summed E-state index contributed by atoms with van der Waals surface area (Å²) in [5.74, 6) is 2.69. The Balaban J connectivity index is 1.89. The molecule has 0 amide bonds. The van der Waals surface area contributed by atoms with Gasteiger partial charge < -0.3 is 14.5 Å². The van der Waals surface area contributed by atoms with Gasteiger partial charge in [0, 0.05) is 4.47 Å². The predicted octanol–water partition coefficient (Wildman–Crippen LogP) is 4.43. The topological polar surface area (TPSA) is 34.4 Å². The van der Waals surface area contributed by atoms with E-state index in [1.807, 2.05) is 30.3 Å². The molecule has 0 aliphatic heterocycles. The molecule has 2 rings (SSSR count). The van der Waals surface area contributed by atoms with Gasteiger partial charge >= 0.3 is 0 Å². The number of benzene rings is 1. The summed E-state index contributed by atoms with van der Waals surface area (Å²) in [6, 6.07) is 9.83. The average Bonchev–Trinajstić information content (AvgIpc) is 2.79. The number of hydrogen-bond acceptors (Lipinski definition) is 3. The summed E-state index contributed by atoms with van der Waals surface area (Å²) in [6.07, 6.45) is 1.12. The summed E-state index contributed by atoms with van der Waals surface area (Å²) in [7, 11) is 0. The van der Waals surface area contributed by atoms with Crippen LogP contribution in [-0.2, 0) is 13.2 Å². The fourth-order valence-electron chi connectivity index (χ4n) is 1.90. The van der Waals surface area contributed by atoms with Gasteiger partial charge in [-0.15, -0.1) is 0 Å². The number of ether oxygens (including phenoxy) is 1. The monoisotopic (exact) mass is 337 g/mol. The zero-order valence-corrected chi connectivity index (χ0v) is 13.5. The van der Waals surface area contributed by atoms with Crippen molar-refractivity contribution in [1.82, 2.24) is 5.32 Å². The van der Waals surface area contributed by atoms with Crippen LogP contribution in [0.1, 0.15) is 30.4 Å². The van der Waals surface area contributed by atoms with Crippen molar-refractivity contribution in [2.75, 3.05) is 6.54 Å². The van der Waals surface area contributed by atoms with Crippen molar-refractivity contribution in [2.24, 2.45) is 0 Å². The van der Waals surface area contributed by atoms with Crippen LogP contribution in [0.5, 0.6) is 5.75 Å². The molecule has 0 saturated heterocycles. The molecule has 0 spiro atoms. The van der Waals surface area contributed by atoms with E-state index in [0.29, 0.717) is 6.61 Å². The molecule has 1 aromatic heterocycles. The second-order valence-corrected chi connectivity index (χ2v) is 5.65. The molecule has 1 heterocycles. The van der Waals surface area contributed by atoms with Gasteiger partial charge in [0.2, 0.25) is 0 Å². The lowest BCUT2D eigenvalue weighted by Gasteiger charge is -2.04. The van der Waals surface area contributed by atoms with Gasteiger partial charge in [0.05, 0.1) is 6.54 Å². The maximum atomic E-state index is 5.81. The van der Waals surface area contributed by atoms with Crippen LogP contribution < -0.4 is 10.1 Å². The number of halogens is 1. The smallest absolute Gasteiger partial charge is 0.146 e. The molecule has 2 aromatic rings. The van der Waals surface area contributed by atoms with Gasteiger partial charge in [-0.1, -0.05) is 22.9 Å². The third kappa shape index (κ3) is 4.39. The maximum Gasteiger partial charge on any atom is 0.146 e. The number of nitrogens with one attached hydrogen (secondary N) is 1. The molecule has 108 valence electrons. The molecule has 0 aliphatic carbocycles. The Kier molecular flexibility index (Phi) is 5.68. The van der Waals surface area contributed by atoms with Crippen LogP contribution in [0, 0.1) is 6.92 Å². The zero-order valence-electron chi connectivity index (χ0n) is 11.9. The first-order valence-corrected chi connectivity index (χ1v) is 7.65. The fraction of sp³-hybridized carbons (Fsp3) is 0.375. The Hall–Kier alpha value is -1.26. The van der Waals surface area contributed by atoms with Gasteiger partial charge in [0.15, 0.2) is 0 Å². The van der Waals surface area contributed by atoms with E-state index in [9.17, 15) is 0 Å². The Morgan fingerprint density at radius 1 is 1.25 bits per heavy atom. The fourth-order valence-corrected chi connectivity index (χ4v) is 2.17. The highest BCUT2D eigenvalue weighted by Crippen LogP contribution is 2.19. The summed E-state index contributed by atoms with van der Waals surface area (Å²) >= 11 is 3.40. The van der Waals surface area contributed by atoms with Crippen molar-refractivity contribution in [1.29, 1.82) is 0 Å². The number of furan rings is 1. The van der Waals surface area contributed by atoms with Gasteiger partial charge in [0.25, 0.3) is 0 Å². The van der Waals surface area contributed by atoms with Crippen LogP contribution in [0.15, 0.2) is 39.2 Å².